The van der Waals surface area contributed by atoms with Crippen LogP contribution >= 0.6 is 57.6 Å². The van der Waals surface area contributed by atoms with E-state index in [2.05, 4.69) is 0 Å². The molecule has 0 spiro atoms. The lowest BCUT2D eigenvalue weighted by Crippen LogP contribution is -2.47. The molecule has 33 nitrogen and oxygen atoms in total. The van der Waals surface area contributed by atoms with Crippen LogP contribution in [0.3, 0.4) is 0 Å². The first-order valence-electron chi connectivity index (χ1n) is 35.8. The van der Waals surface area contributed by atoms with Gasteiger partial charge in [0.1, 0.15) is 88.5 Å². The molecule has 3 saturated heterocycles. The van der Waals surface area contributed by atoms with Crippen molar-refractivity contribution in [3.8, 4) is 17.2 Å². The van der Waals surface area contributed by atoms with Gasteiger partial charge in [0.05, 0.1) is 72.9 Å². The number of aromatic amines is 3. The van der Waals surface area contributed by atoms with Crippen LogP contribution in [0.15, 0.2) is 157 Å². The number of aromatic nitrogens is 6. The number of halogens is 6. The van der Waals surface area contributed by atoms with Gasteiger partial charge in [-0.1, -0.05) is 75.4 Å². The standard InChI is InChI=1S/3C24H31ClFN2O9P/c3*1-14(2)34-21(31)15(3)12-38(33,37-17-8-6-5-7-9-17)36-16(4)19-20(30)24(25,13-26)22(35-19)28-11-10-18(29)27-23(28)32/h3*5-11,14-16,19-20,22,30H,12-13H2,1-4H3,(H,27,29,32)/t15-,16-,19-,20+,22-,24?,38?;15-,16-,19-,20+,22-,24?,38+;15-,16-,19-,20+,22-,24?,38-/m111/s1. The molecule has 4 unspecified atom stereocenters. The van der Waals surface area contributed by atoms with Gasteiger partial charge in [0, 0.05) is 36.8 Å². The van der Waals surface area contributed by atoms with Crippen LogP contribution in [0.25, 0.3) is 0 Å². The third kappa shape index (κ3) is 23.7. The van der Waals surface area contributed by atoms with Crippen molar-refractivity contribution in [2.75, 3.05) is 38.5 Å². The fourth-order valence-corrected chi connectivity index (χ4v) is 19.1. The second kappa shape index (κ2) is 40.1. The lowest BCUT2D eigenvalue weighted by Gasteiger charge is -2.29. The van der Waals surface area contributed by atoms with Crippen LogP contribution in [-0.2, 0) is 70.1 Å². The molecule has 6 N–H and O–H groups in total. The van der Waals surface area contributed by atoms with Crippen molar-refractivity contribution in [2.45, 2.75) is 190 Å². The Morgan fingerprint density at radius 3 is 0.825 bits per heavy atom. The number of nitrogens with zero attached hydrogens (tertiary/aromatic N) is 3. The Labute approximate surface area is 666 Å². The maximum Gasteiger partial charge on any atom is 0.380 e. The van der Waals surface area contributed by atoms with E-state index in [1.165, 1.54) is 41.5 Å². The highest BCUT2D eigenvalue weighted by atomic mass is 35.5. The van der Waals surface area contributed by atoms with E-state index >= 15 is 0 Å². The van der Waals surface area contributed by atoms with Gasteiger partial charge in [0.15, 0.2) is 18.7 Å². The van der Waals surface area contributed by atoms with E-state index in [-0.39, 0.29) is 35.7 Å². The molecule has 9 rings (SSSR count). The number of hydrogen-bond donors (Lipinski definition) is 6. The summed E-state index contributed by atoms with van der Waals surface area (Å²) in [5.41, 5.74) is -4.87. The van der Waals surface area contributed by atoms with Crippen LogP contribution in [0, 0.1) is 17.8 Å². The number of ether oxygens (including phenoxy) is 6. The minimum Gasteiger partial charge on any atom is -0.463 e. The first kappa shape index (κ1) is 93.7. The van der Waals surface area contributed by atoms with Crippen molar-refractivity contribution < 1.29 is 112 Å². The number of carbonyl (C=O) groups is 3. The number of hydrogen-bond acceptors (Lipinski definition) is 27. The molecular formula is C72H93Cl3F3N6O27P3. The Morgan fingerprint density at radius 1 is 0.412 bits per heavy atom. The molecule has 0 amide bonds. The number of H-pyrrole nitrogens is 3. The summed E-state index contributed by atoms with van der Waals surface area (Å²) in [6, 6.07) is 27.4. The second-order valence-electron chi connectivity index (χ2n) is 28.1. The summed E-state index contributed by atoms with van der Waals surface area (Å²) < 4.78 is 154. The Balaban J connectivity index is 0.000000237. The van der Waals surface area contributed by atoms with E-state index in [0.717, 1.165) is 50.5 Å². The number of nitrogens with one attached hydrogen (secondary N) is 3. The van der Waals surface area contributed by atoms with Gasteiger partial charge in [0.2, 0.25) is 0 Å². The zero-order chi connectivity index (χ0) is 84.8. The molecule has 0 saturated carbocycles. The SMILES string of the molecule is CC(C)OC(=O)[C@H](C)CP(=O)(Oc1ccccc1)O[C@H](C)[C@H]1O[C@@H](n2ccc(=O)[nH]c2=O)C(Cl)(CF)[C@H]1O.CC(C)OC(=O)[C@H](C)C[P@@](=O)(Oc1ccccc1)O[C@H](C)[C@H]1O[C@@H](n2ccc(=O)[nH]c2=O)C(Cl)(CF)[C@H]1O.CC(C)OC(=O)[C@H](C)C[P@](=O)(Oc1ccccc1)O[C@H](C)[C@H]1O[C@@H](n2ccc(=O)[nH]c2=O)C(Cl)(CF)[C@H]1O. The van der Waals surface area contributed by atoms with Gasteiger partial charge >= 0.3 is 57.8 Å². The molecule has 3 aromatic heterocycles. The predicted molar refractivity (Wildman–Crippen MR) is 409 cm³/mol. The first-order valence-corrected chi connectivity index (χ1v) is 42.1. The van der Waals surface area contributed by atoms with Crippen molar-refractivity contribution in [1.29, 1.82) is 0 Å². The van der Waals surface area contributed by atoms with Gasteiger partial charge in [-0.3, -0.25) is 71.0 Å². The average Bonchev–Trinajstić information content (AvgIpc) is 1.61. The topological polar surface area (TPSA) is 438 Å². The van der Waals surface area contributed by atoms with E-state index in [0.29, 0.717) is 0 Å². The number of rotatable bonds is 33. The lowest BCUT2D eigenvalue weighted by molar-refractivity contribution is -0.152. The van der Waals surface area contributed by atoms with Crippen LogP contribution in [0.1, 0.15) is 102 Å². The van der Waals surface area contributed by atoms with Gasteiger partial charge in [0.25, 0.3) is 16.7 Å². The molecule has 6 aromatic rings. The minimum absolute atomic E-state index is 0.202. The summed E-state index contributed by atoms with van der Waals surface area (Å²) in [7, 11) is -12.4. The Morgan fingerprint density at radius 2 is 0.632 bits per heavy atom. The molecule has 3 aliphatic heterocycles. The summed E-state index contributed by atoms with van der Waals surface area (Å²) in [5, 5.41) is 32.8. The molecule has 630 valence electrons. The van der Waals surface area contributed by atoms with Crippen LogP contribution in [0.2, 0.25) is 0 Å². The predicted octanol–water partition coefficient (Wildman–Crippen LogP) is 9.02. The molecule has 0 bridgehead atoms. The number of aliphatic hydroxyl groups is 3. The number of carbonyl (C=O) groups excluding carboxylic acids is 3. The van der Waals surface area contributed by atoms with Crippen LogP contribution < -0.4 is 47.3 Å². The molecule has 114 heavy (non-hydrogen) atoms. The van der Waals surface area contributed by atoms with Crippen molar-refractivity contribution >= 4 is 75.5 Å². The maximum absolute atomic E-state index is 14.2. The van der Waals surface area contributed by atoms with Crippen molar-refractivity contribution in [3.05, 3.63) is 190 Å². The Kier molecular flexibility index (Phi) is 32.9. The third-order valence-corrected chi connectivity index (χ3v) is 25.5. The summed E-state index contributed by atoms with van der Waals surface area (Å²) >= 11 is 19.2. The highest BCUT2D eigenvalue weighted by molar-refractivity contribution is 7.55. The molecular weight excluding hydrogens is 1640 g/mol. The first-order chi connectivity index (χ1) is 53.4. The summed E-state index contributed by atoms with van der Waals surface area (Å²) in [5.74, 6) is -3.90. The van der Waals surface area contributed by atoms with E-state index < -0.39 is 219 Å². The van der Waals surface area contributed by atoms with Crippen LogP contribution in [0.4, 0.5) is 13.2 Å². The van der Waals surface area contributed by atoms with E-state index in [9.17, 15) is 85.3 Å². The highest BCUT2D eigenvalue weighted by Gasteiger charge is 2.62. The molecule has 3 aliphatic rings. The fraction of sp³-hybridized carbons (Fsp3) is 0.542. The van der Waals surface area contributed by atoms with Crippen LogP contribution in [-0.4, -0.2) is 188 Å². The summed E-state index contributed by atoms with van der Waals surface area (Å²) in [6.07, 6.45) is -16.8. The maximum atomic E-state index is 14.2. The normalized spacial score (nSPS) is 26.5. The number of benzene rings is 3. The number of alkyl halides is 6. The van der Waals surface area contributed by atoms with Crippen LogP contribution in [0.5, 0.6) is 17.2 Å². The summed E-state index contributed by atoms with van der Waals surface area (Å²) in [4.78, 5) is 108. The van der Waals surface area contributed by atoms with E-state index in [1.54, 1.807) is 133 Å². The van der Waals surface area contributed by atoms with Gasteiger partial charge in [-0.15, -0.1) is 34.8 Å². The van der Waals surface area contributed by atoms with Gasteiger partial charge in [-0.25, -0.2) is 41.3 Å². The van der Waals surface area contributed by atoms with E-state index in [4.69, 9.17) is 90.4 Å². The number of para-hydroxylation sites is 3. The summed E-state index contributed by atoms with van der Waals surface area (Å²) in [6.45, 7) is 14.8. The molecule has 6 heterocycles. The quantitative estimate of drug-likeness (QED) is 0.00967. The highest BCUT2D eigenvalue weighted by Crippen LogP contribution is 2.57. The zero-order valence-corrected chi connectivity index (χ0v) is 68.8. The fourth-order valence-electron chi connectivity index (χ4n) is 12.0. The smallest absolute Gasteiger partial charge is 0.380 e. The van der Waals surface area contributed by atoms with Gasteiger partial charge in [-0.2, -0.15) is 0 Å². The van der Waals surface area contributed by atoms with Crippen molar-refractivity contribution in [1.82, 2.24) is 28.7 Å². The Bertz CT molecular complexity index is 4280. The molecule has 3 aromatic carbocycles. The van der Waals surface area contributed by atoms with Crippen molar-refractivity contribution in [3.63, 3.8) is 0 Å². The average molecular weight is 1730 g/mol. The molecule has 21 atom stereocenters. The minimum atomic E-state index is -4.13. The second-order valence-corrected chi connectivity index (χ2v) is 36.2. The third-order valence-electron chi connectivity index (χ3n) is 17.5. The van der Waals surface area contributed by atoms with Crippen molar-refractivity contribution in [2.24, 2.45) is 17.8 Å². The monoisotopic (exact) mass is 1730 g/mol. The number of aliphatic hydroxyl groups excluding tert-OH is 3. The van der Waals surface area contributed by atoms with E-state index in [1.807, 2.05) is 15.0 Å². The zero-order valence-electron chi connectivity index (χ0n) is 63.8. The largest absolute Gasteiger partial charge is 0.463 e. The molecule has 0 aliphatic carbocycles. The molecule has 42 heteroatoms. The number of esters is 3. The molecule has 3 fully saturated rings. The van der Waals surface area contributed by atoms with Gasteiger partial charge < -0.3 is 57.3 Å². The van der Waals surface area contributed by atoms with Gasteiger partial charge in [-0.05, 0) is 98.7 Å². The Hall–Kier alpha value is -7.50. The lowest BCUT2D eigenvalue weighted by atomic mass is 9.97. The molecule has 0 radical (unpaired) electrons.